The maximum atomic E-state index is 12.9. The van der Waals surface area contributed by atoms with Gasteiger partial charge in [0.25, 0.3) is 0 Å². The van der Waals surface area contributed by atoms with Crippen molar-refractivity contribution in [2.24, 2.45) is 0 Å². The Bertz CT molecular complexity index is 676. The maximum absolute atomic E-state index is 12.9. The number of rotatable bonds is 7. The predicted octanol–water partition coefficient (Wildman–Crippen LogP) is 3.52. The van der Waals surface area contributed by atoms with Gasteiger partial charge in [0, 0.05) is 19.6 Å². The first kappa shape index (κ1) is 17.4. The van der Waals surface area contributed by atoms with E-state index in [0.717, 1.165) is 32.4 Å². The molecular weight excluding hydrogens is 308 g/mol. The van der Waals surface area contributed by atoms with E-state index in [0.29, 0.717) is 6.54 Å². The highest BCUT2D eigenvalue weighted by atomic mass is 16.2. The monoisotopic (exact) mass is 334 g/mol. The summed E-state index contributed by atoms with van der Waals surface area (Å²) in [6.07, 6.45) is 7.16. The summed E-state index contributed by atoms with van der Waals surface area (Å²) < 4.78 is 0. The topological polar surface area (TPSA) is 32.3 Å². The second-order valence-electron chi connectivity index (χ2n) is 6.50. The molecule has 3 heteroatoms. The van der Waals surface area contributed by atoms with Crippen LogP contribution in [0.4, 0.5) is 0 Å². The van der Waals surface area contributed by atoms with E-state index in [9.17, 15) is 4.79 Å². The second-order valence-corrected chi connectivity index (χ2v) is 6.50. The third kappa shape index (κ3) is 5.30. The number of hydrogen-bond acceptors (Lipinski definition) is 2. The van der Waals surface area contributed by atoms with Crippen LogP contribution in [0.2, 0.25) is 0 Å². The van der Waals surface area contributed by atoms with Crippen molar-refractivity contribution in [3.63, 3.8) is 0 Å². The standard InChI is InChI=1S/C22H26N2O/c25-22(24-16-7-8-17-24)21(18-20-12-5-2-6-13-20)23-15-9-14-19-10-3-1-4-11-19/h1-6,9-14,21,23H,7-8,15-18H2/b14-9-. The third-order valence-corrected chi connectivity index (χ3v) is 4.59. The lowest BCUT2D eigenvalue weighted by molar-refractivity contribution is -0.132. The summed E-state index contributed by atoms with van der Waals surface area (Å²) in [4.78, 5) is 14.9. The highest BCUT2D eigenvalue weighted by Crippen LogP contribution is 2.12. The van der Waals surface area contributed by atoms with Gasteiger partial charge >= 0.3 is 0 Å². The molecule has 0 spiro atoms. The van der Waals surface area contributed by atoms with Crippen LogP contribution >= 0.6 is 0 Å². The number of nitrogens with zero attached hydrogens (tertiary/aromatic N) is 1. The molecule has 1 N–H and O–H groups in total. The molecule has 130 valence electrons. The van der Waals surface area contributed by atoms with Crippen molar-refractivity contribution in [2.45, 2.75) is 25.3 Å². The van der Waals surface area contributed by atoms with Crippen LogP contribution in [0.1, 0.15) is 24.0 Å². The lowest BCUT2D eigenvalue weighted by Gasteiger charge is -2.24. The number of benzene rings is 2. The molecule has 1 aliphatic heterocycles. The smallest absolute Gasteiger partial charge is 0.240 e. The highest BCUT2D eigenvalue weighted by Gasteiger charge is 2.25. The van der Waals surface area contributed by atoms with Gasteiger partial charge in [-0.25, -0.2) is 0 Å². The average Bonchev–Trinajstić information content (AvgIpc) is 3.20. The summed E-state index contributed by atoms with van der Waals surface area (Å²) in [5.74, 6) is 0.231. The number of hydrogen-bond donors (Lipinski definition) is 1. The van der Waals surface area contributed by atoms with E-state index in [1.807, 2.05) is 41.3 Å². The van der Waals surface area contributed by atoms with Crippen LogP contribution in [0, 0.1) is 0 Å². The Kier molecular flexibility index (Phi) is 6.41. The Morgan fingerprint density at radius 2 is 1.64 bits per heavy atom. The molecule has 0 saturated carbocycles. The maximum Gasteiger partial charge on any atom is 0.240 e. The van der Waals surface area contributed by atoms with Gasteiger partial charge < -0.3 is 10.2 Å². The Morgan fingerprint density at radius 1 is 1.00 bits per heavy atom. The zero-order chi connectivity index (χ0) is 17.3. The van der Waals surface area contributed by atoms with Crippen molar-refractivity contribution in [1.82, 2.24) is 10.2 Å². The van der Waals surface area contributed by atoms with Crippen LogP contribution in [0.15, 0.2) is 66.7 Å². The van der Waals surface area contributed by atoms with Crippen molar-refractivity contribution >= 4 is 12.0 Å². The molecule has 0 aliphatic carbocycles. The first-order valence-corrected chi connectivity index (χ1v) is 9.10. The zero-order valence-corrected chi connectivity index (χ0v) is 14.6. The number of amides is 1. The van der Waals surface area contributed by atoms with Crippen LogP contribution in [0.3, 0.4) is 0 Å². The van der Waals surface area contributed by atoms with E-state index < -0.39 is 0 Å². The molecular formula is C22H26N2O. The van der Waals surface area contributed by atoms with E-state index >= 15 is 0 Å². The first-order valence-electron chi connectivity index (χ1n) is 9.10. The Balaban J connectivity index is 1.61. The lowest BCUT2D eigenvalue weighted by Crippen LogP contribution is -2.46. The zero-order valence-electron chi connectivity index (χ0n) is 14.6. The van der Waals surface area contributed by atoms with Gasteiger partial charge in [0.2, 0.25) is 5.91 Å². The molecule has 1 amide bonds. The summed E-state index contributed by atoms with van der Waals surface area (Å²) in [7, 11) is 0. The summed E-state index contributed by atoms with van der Waals surface area (Å²) in [6.45, 7) is 2.48. The molecule has 1 atom stereocenters. The number of carbonyl (C=O) groups is 1. The summed E-state index contributed by atoms with van der Waals surface area (Å²) in [5.41, 5.74) is 2.37. The lowest BCUT2D eigenvalue weighted by atomic mass is 10.0. The molecule has 1 unspecified atom stereocenters. The molecule has 3 nitrogen and oxygen atoms in total. The number of nitrogens with one attached hydrogen (secondary N) is 1. The van der Waals surface area contributed by atoms with Crippen LogP contribution in [-0.4, -0.2) is 36.5 Å². The van der Waals surface area contributed by atoms with Gasteiger partial charge in [-0.15, -0.1) is 0 Å². The number of likely N-dealkylation sites (tertiary alicyclic amines) is 1. The van der Waals surface area contributed by atoms with Gasteiger partial charge in [0.15, 0.2) is 0 Å². The molecule has 1 heterocycles. The normalized spacial score (nSPS) is 15.6. The van der Waals surface area contributed by atoms with Crippen LogP contribution in [0.5, 0.6) is 0 Å². The highest BCUT2D eigenvalue weighted by molar-refractivity contribution is 5.82. The fourth-order valence-electron chi connectivity index (χ4n) is 3.22. The van der Waals surface area contributed by atoms with Crippen LogP contribution in [0.25, 0.3) is 6.08 Å². The van der Waals surface area contributed by atoms with Gasteiger partial charge in [-0.2, -0.15) is 0 Å². The Hall–Kier alpha value is -2.39. The summed E-state index contributed by atoms with van der Waals surface area (Å²) >= 11 is 0. The van der Waals surface area contributed by atoms with Crippen molar-refractivity contribution in [3.05, 3.63) is 77.9 Å². The van der Waals surface area contributed by atoms with Crippen molar-refractivity contribution in [2.75, 3.05) is 19.6 Å². The van der Waals surface area contributed by atoms with Gasteiger partial charge in [-0.3, -0.25) is 4.79 Å². The Morgan fingerprint density at radius 3 is 2.32 bits per heavy atom. The van der Waals surface area contributed by atoms with Gasteiger partial charge in [0.05, 0.1) is 6.04 Å². The van der Waals surface area contributed by atoms with Crippen molar-refractivity contribution in [3.8, 4) is 0 Å². The second kappa shape index (κ2) is 9.19. The van der Waals surface area contributed by atoms with E-state index in [1.54, 1.807) is 0 Å². The fraction of sp³-hybridized carbons (Fsp3) is 0.318. The Labute approximate surface area is 150 Å². The molecule has 2 aromatic rings. The van der Waals surface area contributed by atoms with E-state index in [1.165, 1.54) is 11.1 Å². The SMILES string of the molecule is O=C(C(Cc1ccccc1)NC/C=C\c1ccccc1)N1CCCC1. The molecule has 0 aromatic heterocycles. The molecule has 2 aromatic carbocycles. The third-order valence-electron chi connectivity index (χ3n) is 4.59. The summed E-state index contributed by atoms with van der Waals surface area (Å²) in [6, 6.07) is 20.3. The molecule has 3 rings (SSSR count). The minimum atomic E-state index is -0.166. The quantitative estimate of drug-likeness (QED) is 0.840. The minimum absolute atomic E-state index is 0.166. The molecule has 1 aliphatic rings. The van der Waals surface area contributed by atoms with E-state index in [-0.39, 0.29) is 11.9 Å². The van der Waals surface area contributed by atoms with Gasteiger partial charge in [-0.05, 0) is 30.4 Å². The largest absolute Gasteiger partial charge is 0.341 e. The number of carbonyl (C=O) groups excluding carboxylic acids is 1. The summed E-state index contributed by atoms with van der Waals surface area (Å²) in [5, 5.41) is 3.44. The average molecular weight is 334 g/mol. The predicted molar refractivity (Wildman–Crippen MR) is 103 cm³/mol. The van der Waals surface area contributed by atoms with Gasteiger partial charge in [-0.1, -0.05) is 72.8 Å². The minimum Gasteiger partial charge on any atom is -0.341 e. The first-order chi connectivity index (χ1) is 12.3. The van der Waals surface area contributed by atoms with Gasteiger partial charge in [0.1, 0.15) is 0 Å². The fourth-order valence-corrected chi connectivity index (χ4v) is 3.22. The van der Waals surface area contributed by atoms with Crippen molar-refractivity contribution in [1.29, 1.82) is 0 Å². The van der Waals surface area contributed by atoms with E-state index in [2.05, 4.69) is 41.7 Å². The molecule has 0 bridgehead atoms. The molecule has 25 heavy (non-hydrogen) atoms. The van der Waals surface area contributed by atoms with E-state index in [4.69, 9.17) is 0 Å². The van der Waals surface area contributed by atoms with Crippen LogP contribution < -0.4 is 5.32 Å². The molecule has 1 fully saturated rings. The molecule has 1 saturated heterocycles. The van der Waals surface area contributed by atoms with Crippen LogP contribution in [-0.2, 0) is 11.2 Å². The van der Waals surface area contributed by atoms with Crippen molar-refractivity contribution < 1.29 is 4.79 Å². The molecule has 0 radical (unpaired) electrons.